The molecule has 1 aromatic rings. The first kappa shape index (κ1) is 9.21. The van der Waals surface area contributed by atoms with Crippen molar-refractivity contribution in [3.63, 3.8) is 0 Å². The number of carboxylic acid groups (broad SMARTS) is 1. The molecule has 2 N–H and O–H groups in total. The molecule has 0 aliphatic heterocycles. The average Bonchev–Trinajstić information content (AvgIpc) is 2.41. The summed E-state index contributed by atoms with van der Waals surface area (Å²) in [5.74, 6) is -1.42. The van der Waals surface area contributed by atoms with Gasteiger partial charge < -0.3 is 10.2 Å². The zero-order valence-electron chi connectivity index (χ0n) is 7.90. The molecule has 2 rings (SSSR count). The molecule has 0 radical (unpaired) electrons. The van der Waals surface area contributed by atoms with Crippen molar-refractivity contribution >= 4 is 5.97 Å². The van der Waals surface area contributed by atoms with Crippen molar-refractivity contribution in [2.24, 2.45) is 5.92 Å². The van der Waals surface area contributed by atoms with E-state index < -0.39 is 11.6 Å². The van der Waals surface area contributed by atoms with E-state index in [0.717, 1.165) is 5.56 Å². The maximum Gasteiger partial charge on any atom is 0.340 e. The molecule has 0 saturated carbocycles. The van der Waals surface area contributed by atoms with E-state index in [-0.39, 0.29) is 5.92 Å². The molecular weight excluding hydrogens is 180 g/mol. The molecular formula is C11H12O3. The molecule has 3 nitrogen and oxygen atoms in total. The SMILES string of the molecule is CC1Cc2ccccc2C1(O)C(=O)O. The van der Waals surface area contributed by atoms with E-state index in [1.165, 1.54) is 0 Å². The molecule has 0 heterocycles. The van der Waals surface area contributed by atoms with Gasteiger partial charge in [0.2, 0.25) is 0 Å². The number of hydrogen-bond acceptors (Lipinski definition) is 2. The Kier molecular flexibility index (Phi) is 1.86. The highest BCUT2D eigenvalue weighted by molar-refractivity contribution is 5.81. The monoisotopic (exact) mass is 192 g/mol. The first-order valence-electron chi connectivity index (χ1n) is 4.61. The van der Waals surface area contributed by atoms with Gasteiger partial charge in [-0.05, 0) is 17.5 Å². The second kappa shape index (κ2) is 2.82. The molecule has 0 aromatic heterocycles. The fraction of sp³-hybridized carbons (Fsp3) is 0.364. The molecule has 2 unspecified atom stereocenters. The van der Waals surface area contributed by atoms with Crippen molar-refractivity contribution in [2.45, 2.75) is 18.9 Å². The van der Waals surface area contributed by atoms with Crippen LogP contribution in [0.25, 0.3) is 0 Å². The van der Waals surface area contributed by atoms with Crippen LogP contribution < -0.4 is 0 Å². The molecule has 0 spiro atoms. The Bertz CT molecular complexity index is 386. The topological polar surface area (TPSA) is 57.5 Å². The van der Waals surface area contributed by atoms with Crippen molar-refractivity contribution < 1.29 is 15.0 Å². The Morgan fingerprint density at radius 1 is 1.50 bits per heavy atom. The van der Waals surface area contributed by atoms with Crippen LogP contribution in [-0.4, -0.2) is 16.2 Å². The van der Waals surface area contributed by atoms with Crippen LogP contribution in [0.5, 0.6) is 0 Å². The van der Waals surface area contributed by atoms with E-state index in [0.29, 0.717) is 12.0 Å². The Morgan fingerprint density at radius 3 is 2.79 bits per heavy atom. The molecule has 0 fully saturated rings. The van der Waals surface area contributed by atoms with Crippen LogP contribution in [0.3, 0.4) is 0 Å². The quantitative estimate of drug-likeness (QED) is 0.701. The van der Waals surface area contributed by atoms with E-state index in [9.17, 15) is 9.90 Å². The Balaban J connectivity index is 2.60. The third-order valence-corrected chi connectivity index (χ3v) is 2.99. The summed E-state index contributed by atoms with van der Waals surface area (Å²) in [6.07, 6.45) is 0.624. The average molecular weight is 192 g/mol. The number of carbonyl (C=O) groups is 1. The molecule has 1 aliphatic rings. The molecule has 1 aromatic carbocycles. The van der Waals surface area contributed by atoms with Crippen LogP contribution in [0, 0.1) is 5.92 Å². The lowest BCUT2D eigenvalue weighted by molar-refractivity contribution is -0.164. The lowest BCUT2D eigenvalue weighted by atomic mass is 9.89. The largest absolute Gasteiger partial charge is 0.479 e. The standard InChI is InChI=1S/C11H12O3/c1-7-6-8-4-2-3-5-9(8)11(7,14)10(12)13/h2-5,7,14H,6H2,1H3,(H,12,13). The van der Waals surface area contributed by atoms with Crippen molar-refractivity contribution in [1.82, 2.24) is 0 Å². The van der Waals surface area contributed by atoms with Gasteiger partial charge in [0, 0.05) is 5.92 Å². The fourth-order valence-corrected chi connectivity index (χ4v) is 2.14. The molecule has 0 bridgehead atoms. The van der Waals surface area contributed by atoms with E-state index in [1.807, 2.05) is 12.1 Å². The molecule has 3 heteroatoms. The lowest BCUT2D eigenvalue weighted by Gasteiger charge is -2.23. The molecule has 1 aliphatic carbocycles. The summed E-state index contributed by atoms with van der Waals surface area (Å²) in [5.41, 5.74) is -0.221. The Hall–Kier alpha value is -1.35. The van der Waals surface area contributed by atoms with Crippen LogP contribution in [-0.2, 0) is 16.8 Å². The Labute approximate surface area is 82.0 Å². The fourth-order valence-electron chi connectivity index (χ4n) is 2.14. The van der Waals surface area contributed by atoms with Crippen LogP contribution >= 0.6 is 0 Å². The summed E-state index contributed by atoms with van der Waals surface area (Å²) in [6.45, 7) is 1.76. The summed E-state index contributed by atoms with van der Waals surface area (Å²) in [6, 6.07) is 7.17. The number of hydrogen-bond donors (Lipinski definition) is 2. The van der Waals surface area contributed by atoms with Crippen molar-refractivity contribution in [2.75, 3.05) is 0 Å². The highest BCUT2D eigenvalue weighted by Gasteiger charge is 2.49. The van der Waals surface area contributed by atoms with Gasteiger partial charge in [0.25, 0.3) is 0 Å². The second-order valence-electron chi connectivity index (χ2n) is 3.83. The summed E-state index contributed by atoms with van der Waals surface area (Å²) >= 11 is 0. The van der Waals surface area contributed by atoms with Crippen LogP contribution in [0.1, 0.15) is 18.1 Å². The van der Waals surface area contributed by atoms with Gasteiger partial charge in [-0.3, -0.25) is 0 Å². The number of rotatable bonds is 1. The van der Waals surface area contributed by atoms with E-state index in [4.69, 9.17) is 5.11 Å². The number of carboxylic acids is 1. The Morgan fingerprint density at radius 2 is 2.14 bits per heavy atom. The minimum Gasteiger partial charge on any atom is -0.479 e. The maximum atomic E-state index is 11.0. The summed E-state index contributed by atoms with van der Waals surface area (Å²) < 4.78 is 0. The predicted octanol–water partition coefficient (Wildman–Crippen LogP) is 1.15. The highest BCUT2D eigenvalue weighted by Crippen LogP contribution is 2.41. The number of benzene rings is 1. The third kappa shape index (κ3) is 0.990. The third-order valence-electron chi connectivity index (χ3n) is 2.99. The number of fused-ring (bicyclic) bond motifs is 1. The van der Waals surface area contributed by atoms with Crippen molar-refractivity contribution in [3.8, 4) is 0 Å². The van der Waals surface area contributed by atoms with Gasteiger partial charge >= 0.3 is 5.97 Å². The molecule has 74 valence electrons. The maximum absolute atomic E-state index is 11.0. The minimum absolute atomic E-state index is 0.266. The van der Waals surface area contributed by atoms with Gasteiger partial charge in [0.05, 0.1) is 0 Å². The van der Waals surface area contributed by atoms with E-state index in [1.54, 1.807) is 19.1 Å². The molecule has 2 atom stereocenters. The summed E-state index contributed by atoms with van der Waals surface area (Å²) in [7, 11) is 0. The van der Waals surface area contributed by atoms with E-state index in [2.05, 4.69) is 0 Å². The van der Waals surface area contributed by atoms with Gasteiger partial charge in [-0.1, -0.05) is 31.2 Å². The van der Waals surface area contributed by atoms with Gasteiger partial charge in [-0.25, -0.2) is 4.79 Å². The smallest absolute Gasteiger partial charge is 0.340 e. The van der Waals surface area contributed by atoms with Gasteiger partial charge in [-0.2, -0.15) is 0 Å². The normalized spacial score (nSPS) is 30.0. The predicted molar refractivity (Wildman–Crippen MR) is 50.8 cm³/mol. The molecule has 14 heavy (non-hydrogen) atoms. The zero-order chi connectivity index (χ0) is 10.3. The summed E-state index contributed by atoms with van der Waals surface area (Å²) in [5, 5.41) is 19.1. The summed E-state index contributed by atoms with van der Waals surface area (Å²) in [4.78, 5) is 11.0. The van der Waals surface area contributed by atoms with Crippen molar-refractivity contribution in [3.05, 3.63) is 35.4 Å². The molecule has 0 saturated heterocycles. The van der Waals surface area contributed by atoms with Crippen molar-refractivity contribution in [1.29, 1.82) is 0 Å². The first-order chi connectivity index (χ1) is 6.56. The van der Waals surface area contributed by atoms with Gasteiger partial charge in [0.1, 0.15) is 0 Å². The number of aliphatic carboxylic acids is 1. The molecule has 0 amide bonds. The lowest BCUT2D eigenvalue weighted by Crippen LogP contribution is -2.38. The van der Waals surface area contributed by atoms with Gasteiger partial charge in [0.15, 0.2) is 5.60 Å². The van der Waals surface area contributed by atoms with Crippen LogP contribution in [0.15, 0.2) is 24.3 Å². The van der Waals surface area contributed by atoms with E-state index >= 15 is 0 Å². The van der Waals surface area contributed by atoms with Crippen LogP contribution in [0.4, 0.5) is 0 Å². The minimum atomic E-state index is -1.70. The van der Waals surface area contributed by atoms with Crippen LogP contribution in [0.2, 0.25) is 0 Å². The van der Waals surface area contributed by atoms with Gasteiger partial charge in [-0.15, -0.1) is 0 Å². The zero-order valence-corrected chi connectivity index (χ0v) is 7.90. The second-order valence-corrected chi connectivity index (χ2v) is 3.83. The first-order valence-corrected chi connectivity index (χ1v) is 4.61. The number of aliphatic hydroxyl groups is 1. The highest BCUT2D eigenvalue weighted by atomic mass is 16.4.